The first-order valence-corrected chi connectivity index (χ1v) is 6.32. The first kappa shape index (κ1) is 14.6. The van der Waals surface area contributed by atoms with Gasteiger partial charge in [0.1, 0.15) is 0 Å². The van der Waals surface area contributed by atoms with Gasteiger partial charge in [0.2, 0.25) is 0 Å². The minimum Gasteiger partial charge on any atom is -0.305 e. The number of aromatic nitrogens is 2. The minimum absolute atomic E-state index is 0.195. The quantitative estimate of drug-likeness (QED) is 0.934. The fourth-order valence-corrected chi connectivity index (χ4v) is 2.17. The first-order valence-electron chi connectivity index (χ1n) is 6.32. The molecular formula is C14H16F3N3. The van der Waals surface area contributed by atoms with Gasteiger partial charge in [0.15, 0.2) is 0 Å². The van der Waals surface area contributed by atoms with Crippen molar-refractivity contribution in [1.82, 2.24) is 15.1 Å². The molecule has 1 atom stereocenters. The Kier molecular flexibility index (Phi) is 4.13. The van der Waals surface area contributed by atoms with E-state index in [2.05, 4.69) is 10.4 Å². The monoisotopic (exact) mass is 283 g/mol. The van der Waals surface area contributed by atoms with Crippen molar-refractivity contribution in [2.45, 2.75) is 19.1 Å². The third-order valence-corrected chi connectivity index (χ3v) is 3.02. The normalized spacial score (nSPS) is 13.4. The molecular weight excluding hydrogens is 267 g/mol. The number of hydrogen-bond acceptors (Lipinski definition) is 2. The van der Waals surface area contributed by atoms with Crippen molar-refractivity contribution in [2.75, 3.05) is 6.54 Å². The zero-order chi connectivity index (χ0) is 14.8. The summed E-state index contributed by atoms with van der Waals surface area (Å²) in [6, 6.07) is 6.75. The molecule has 1 aromatic heterocycles. The third kappa shape index (κ3) is 3.01. The molecule has 0 spiro atoms. The van der Waals surface area contributed by atoms with Gasteiger partial charge in [-0.25, -0.2) is 0 Å². The van der Waals surface area contributed by atoms with Crippen LogP contribution in [-0.4, -0.2) is 16.3 Å². The Labute approximate surface area is 115 Å². The highest BCUT2D eigenvalue weighted by molar-refractivity contribution is 5.36. The minimum atomic E-state index is -4.38. The Morgan fingerprint density at radius 2 is 1.95 bits per heavy atom. The maximum Gasteiger partial charge on any atom is 0.416 e. The average Bonchev–Trinajstić information content (AvgIpc) is 2.81. The Bertz CT molecular complexity index is 575. The van der Waals surface area contributed by atoms with E-state index in [1.807, 2.05) is 6.92 Å². The molecule has 0 aliphatic rings. The van der Waals surface area contributed by atoms with Crippen molar-refractivity contribution in [2.24, 2.45) is 7.05 Å². The second-order valence-electron chi connectivity index (χ2n) is 4.49. The lowest BCUT2D eigenvalue weighted by Gasteiger charge is -2.21. The van der Waals surface area contributed by atoms with Crippen molar-refractivity contribution in [1.29, 1.82) is 0 Å². The number of halogens is 3. The van der Waals surface area contributed by atoms with Gasteiger partial charge in [-0.15, -0.1) is 0 Å². The van der Waals surface area contributed by atoms with Gasteiger partial charge in [-0.05, 0) is 24.2 Å². The second-order valence-corrected chi connectivity index (χ2v) is 4.49. The zero-order valence-corrected chi connectivity index (χ0v) is 11.3. The fraction of sp³-hybridized carbons (Fsp3) is 0.357. The van der Waals surface area contributed by atoms with Crippen molar-refractivity contribution in [3.63, 3.8) is 0 Å². The predicted molar refractivity (Wildman–Crippen MR) is 70.2 cm³/mol. The summed E-state index contributed by atoms with van der Waals surface area (Å²) in [5.41, 5.74) is 0.142. The summed E-state index contributed by atoms with van der Waals surface area (Å²) in [7, 11) is 1.74. The highest BCUT2D eigenvalue weighted by atomic mass is 19.4. The van der Waals surface area contributed by atoms with Gasteiger partial charge in [-0.1, -0.05) is 25.1 Å². The molecule has 1 aromatic carbocycles. The summed E-state index contributed by atoms with van der Waals surface area (Å²) >= 11 is 0. The molecule has 0 bridgehead atoms. The maximum atomic E-state index is 13.1. The summed E-state index contributed by atoms with van der Waals surface area (Å²) in [4.78, 5) is 0. The number of nitrogens with one attached hydrogen (secondary N) is 1. The molecule has 0 saturated carbocycles. The van der Waals surface area contributed by atoms with Crippen LogP contribution in [0.5, 0.6) is 0 Å². The highest BCUT2D eigenvalue weighted by Gasteiger charge is 2.35. The van der Waals surface area contributed by atoms with E-state index < -0.39 is 17.8 Å². The van der Waals surface area contributed by atoms with Crippen LogP contribution in [0.15, 0.2) is 36.5 Å². The lowest BCUT2D eigenvalue weighted by atomic mass is 9.97. The van der Waals surface area contributed by atoms with Crippen molar-refractivity contribution < 1.29 is 13.2 Å². The number of hydrogen-bond donors (Lipinski definition) is 1. The lowest BCUT2D eigenvalue weighted by molar-refractivity contribution is -0.138. The third-order valence-electron chi connectivity index (χ3n) is 3.02. The van der Waals surface area contributed by atoms with Gasteiger partial charge in [0, 0.05) is 13.2 Å². The molecule has 1 unspecified atom stereocenters. The second kappa shape index (κ2) is 5.66. The van der Waals surface area contributed by atoms with E-state index in [0.717, 1.165) is 6.07 Å². The van der Waals surface area contributed by atoms with E-state index >= 15 is 0 Å². The first-order chi connectivity index (χ1) is 9.43. The predicted octanol–water partition coefficient (Wildman–Crippen LogP) is 3.14. The van der Waals surface area contributed by atoms with Crippen LogP contribution in [0.3, 0.4) is 0 Å². The van der Waals surface area contributed by atoms with Gasteiger partial charge >= 0.3 is 6.18 Å². The molecule has 20 heavy (non-hydrogen) atoms. The number of benzene rings is 1. The van der Waals surface area contributed by atoms with E-state index in [1.165, 1.54) is 12.1 Å². The van der Waals surface area contributed by atoms with Crippen LogP contribution in [0.4, 0.5) is 13.2 Å². The molecule has 0 saturated heterocycles. The summed E-state index contributed by atoms with van der Waals surface area (Å²) in [5, 5.41) is 7.28. The van der Waals surface area contributed by atoms with Crippen molar-refractivity contribution in [3.8, 4) is 0 Å². The van der Waals surface area contributed by atoms with Crippen LogP contribution >= 0.6 is 0 Å². The number of aryl methyl sites for hydroxylation is 1. The molecule has 108 valence electrons. The van der Waals surface area contributed by atoms with Crippen LogP contribution in [0.1, 0.15) is 29.8 Å². The zero-order valence-electron chi connectivity index (χ0n) is 11.3. The van der Waals surface area contributed by atoms with Crippen molar-refractivity contribution >= 4 is 0 Å². The average molecular weight is 283 g/mol. The molecule has 2 aromatic rings. The smallest absolute Gasteiger partial charge is 0.305 e. The molecule has 1 N–H and O–H groups in total. The molecule has 6 heteroatoms. The molecule has 0 amide bonds. The summed E-state index contributed by atoms with van der Waals surface area (Å²) < 4.78 is 40.9. The van der Waals surface area contributed by atoms with Gasteiger partial charge < -0.3 is 5.32 Å². The summed E-state index contributed by atoms with van der Waals surface area (Å²) in [5.74, 6) is 0. The van der Waals surface area contributed by atoms with Gasteiger partial charge in [0.25, 0.3) is 0 Å². The SMILES string of the molecule is CCNC(c1ccn(C)n1)c1ccccc1C(F)(F)F. The number of rotatable bonds is 4. The van der Waals surface area contributed by atoms with Crippen LogP contribution in [0, 0.1) is 0 Å². The summed E-state index contributed by atoms with van der Waals surface area (Å²) in [6.07, 6.45) is -2.66. The molecule has 0 radical (unpaired) electrons. The van der Waals surface area contributed by atoms with E-state index in [1.54, 1.807) is 30.1 Å². The molecule has 1 heterocycles. The fourth-order valence-electron chi connectivity index (χ4n) is 2.17. The standard InChI is InChI=1S/C14H16F3N3/c1-3-18-13(12-8-9-20(2)19-12)10-6-4-5-7-11(10)14(15,16)17/h4-9,13,18H,3H2,1-2H3. The van der Waals surface area contributed by atoms with Crippen LogP contribution in [0.2, 0.25) is 0 Å². The van der Waals surface area contributed by atoms with E-state index in [9.17, 15) is 13.2 Å². The van der Waals surface area contributed by atoms with Gasteiger partial charge in [0.05, 0.1) is 17.3 Å². The number of alkyl halides is 3. The Balaban J connectivity index is 2.50. The molecule has 0 aliphatic heterocycles. The maximum absolute atomic E-state index is 13.1. The summed E-state index contributed by atoms with van der Waals surface area (Å²) in [6.45, 7) is 2.40. The molecule has 0 fully saturated rings. The van der Waals surface area contributed by atoms with E-state index in [4.69, 9.17) is 0 Å². The largest absolute Gasteiger partial charge is 0.416 e. The molecule has 2 rings (SSSR count). The lowest BCUT2D eigenvalue weighted by Crippen LogP contribution is -2.25. The van der Waals surface area contributed by atoms with Crippen molar-refractivity contribution in [3.05, 3.63) is 53.3 Å². The highest BCUT2D eigenvalue weighted by Crippen LogP contribution is 2.36. The molecule has 0 aliphatic carbocycles. The van der Waals surface area contributed by atoms with E-state index in [0.29, 0.717) is 12.2 Å². The number of nitrogens with zero attached hydrogens (tertiary/aromatic N) is 2. The van der Waals surface area contributed by atoms with Crippen LogP contribution in [0.25, 0.3) is 0 Å². The Hall–Kier alpha value is -1.82. The van der Waals surface area contributed by atoms with E-state index in [-0.39, 0.29) is 5.56 Å². The Morgan fingerprint density at radius 3 is 2.50 bits per heavy atom. The van der Waals surface area contributed by atoms with Gasteiger partial charge in [-0.2, -0.15) is 18.3 Å². The topological polar surface area (TPSA) is 29.9 Å². The molecule has 3 nitrogen and oxygen atoms in total. The Morgan fingerprint density at radius 1 is 1.25 bits per heavy atom. The van der Waals surface area contributed by atoms with Crippen LogP contribution in [-0.2, 0) is 13.2 Å². The van der Waals surface area contributed by atoms with Crippen LogP contribution < -0.4 is 5.32 Å². The van der Waals surface area contributed by atoms with Gasteiger partial charge in [-0.3, -0.25) is 4.68 Å².